The molecule has 3 heterocycles. The molecule has 0 aliphatic rings. The molecule has 0 saturated carbocycles. The van der Waals surface area contributed by atoms with Gasteiger partial charge in [-0.1, -0.05) is 36.4 Å². The molecular weight excluding hydrogens is 350 g/mol. The Morgan fingerprint density at radius 3 is 1.75 bits per heavy atom. The van der Waals surface area contributed by atoms with Crippen molar-refractivity contribution in [1.29, 1.82) is 0 Å². The van der Waals surface area contributed by atoms with Gasteiger partial charge >= 0.3 is 0 Å². The van der Waals surface area contributed by atoms with Crippen LogP contribution < -0.4 is 4.74 Å². The van der Waals surface area contributed by atoms with Crippen LogP contribution in [0.4, 0.5) is 0 Å². The zero-order valence-corrected chi connectivity index (χ0v) is 15.2. The van der Waals surface area contributed by atoms with Crippen LogP contribution in [0.25, 0.3) is 22.8 Å². The van der Waals surface area contributed by atoms with E-state index in [2.05, 4.69) is 9.97 Å². The number of aromatic nitrogens is 3. The summed E-state index contributed by atoms with van der Waals surface area (Å²) < 4.78 is 6.03. The first-order valence-corrected chi connectivity index (χ1v) is 8.98. The summed E-state index contributed by atoms with van der Waals surface area (Å²) in [7, 11) is 0. The van der Waals surface area contributed by atoms with Crippen LogP contribution in [0.3, 0.4) is 0 Å². The summed E-state index contributed by atoms with van der Waals surface area (Å²) in [6, 6.07) is 22.9. The second kappa shape index (κ2) is 8.41. The molecule has 138 valence electrons. The lowest BCUT2D eigenvalue weighted by Crippen LogP contribution is -1.99. The summed E-state index contributed by atoms with van der Waals surface area (Å²) in [5.74, 6) is 0.697. The lowest BCUT2D eigenvalue weighted by Gasteiger charge is -2.11. The van der Waals surface area contributed by atoms with Gasteiger partial charge in [0.25, 0.3) is 0 Å². The third kappa shape index (κ3) is 4.22. The molecule has 0 amide bonds. The Morgan fingerprint density at radius 2 is 1.25 bits per heavy atom. The molecule has 0 aliphatic carbocycles. The van der Waals surface area contributed by atoms with Gasteiger partial charge in [-0.15, -0.1) is 0 Å². The molecule has 28 heavy (non-hydrogen) atoms. The molecule has 1 N–H and O–H groups in total. The second-order valence-corrected chi connectivity index (χ2v) is 6.27. The Balaban J connectivity index is 1.65. The van der Waals surface area contributed by atoms with Crippen molar-refractivity contribution in [2.75, 3.05) is 0 Å². The number of hydrogen-bond donors (Lipinski definition) is 1. The molecule has 0 radical (unpaired) electrons. The van der Waals surface area contributed by atoms with Crippen LogP contribution in [0.15, 0.2) is 85.2 Å². The fraction of sp³-hybridized carbons (Fsp3) is 0.0870. The third-order valence-corrected chi connectivity index (χ3v) is 4.26. The van der Waals surface area contributed by atoms with E-state index in [0.29, 0.717) is 12.4 Å². The van der Waals surface area contributed by atoms with Crippen molar-refractivity contribution in [1.82, 2.24) is 15.0 Å². The van der Waals surface area contributed by atoms with E-state index in [1.807, 2.05) is 72.8 Å². The zero-order valence-electron chi connectivity index (χ0n) is 15.2. The van der Waals surface area contributed by atoms with Gasteiger partial charge in [0.05, 0.1) is 29.4 Å². The highest BCUT2D eigenvalue weighted by Gasteiger charge is 2.10. The Hall–Kier alpha value is -3.57. The van der Waals surface area contributed by atoms with Gasteiger partial charge < -0.3 is 9.84 Å². The van der Waals surface area contributed by atoms with E-state index in [1.54, 1.807) is 12.4 Å². The lowest BCUT2D eigenvalue weighted by molar-refractivity contribution is 0.281. The first kappa shape index (κ1) is 17.8. The topological polar surface area (TPSA) is 68.1 Å². The van der Waals surface area contributed by atoms with Gasteiger partial charge in [-0.25, -0.2) is 4.98 Å². The number of ether oxygens (including phenoxy) is 1. The number of nitrogens with zero attached hydrogens (tertiary/aromatic N) is 3. The molecule has 0 spiro atoms. The molecule has 0 atom stereocenters. The lowest BCUT2D eigenvalue weighted by atomic mass is 10.1. The van der Waals surface area contributed by atoms with Gasteiger partial charge in [-0.2, -0.15) is 0 Å². The van der Waals surface area contributed by atoms with E-state index >= 15 is 0 Å². The smallest absolute Gasteiger partial charge is 0.124 e. The van der Waals surface area contributed by atoms with Crippen LogP contribution in [-0.4, -0.2) is 20.1 Å². The summed E-state index contributed by atoms with van der Waals surface area (Å²) in [6.07, 6.45) is 3.49. The van der Waals surface area contributed by atoms with E-state index in [1.165, 1.54) is 0 Å². The van der Waals surface area contributed by atoms with Crippen molar-refractivity contribution in [2.24, 2.45) is 0 Å². The van der Waals surface area contributed by atoms with Gasteiger partial charge in [0.1, 0.15) is 12.4 Å². The average molecular weight is 369 g/mol. The predicted molar refractivity (Wildman–Crippen MR) is 107 cm³/mol. The normalized spacial score (nSPS) is 10.6. The fourth-order valence-electron chi connectivity index (χ4n) is 2.79. The Kier molecular flexibility index (Phi) is 5.36. The number of aliphatic hydroxyl groups is 1. The van der Waals surface area contributed by atoms with Crippen molar-refractivity contribution >= 4 is 0 Å². The zero-order chi connectivity index (χ0) is 19.2. The minimum atomic E-state index is 0.0341. The molecule has 0 saturated heterocycles. The molecular formula is C23H19N3O2. The van der Waals surface area contributed by atoms with Crippen LogP contribution in [-0.2, 0) is 13.2 Å². The summed E-state index contributed by atoms with van der Waals surface area (Å²) in [4.78, 5) is 13.5. The Labute approximate surface area is 163 Å². The number of benzene rings is 1. The van der Waals surface area contributed by atoms with E-state index in [9.17, 15) is 0 Å². The molecule has 5 nitrogen and oxygen atoms in total. The molecule has 0 bridgehead atoms. The molecule has 0 unspecified atom stereocenters. The maximum absolute atomic E-state index is 9.16. The summed E-state index contributed by atoms with van der Waals surface area (Å²) in [5, 5.41) is 9.16. The van der Waals surface area contributed by atoms with E-state index in [-0.39, 0.29) is 6.61 Å². The number of rotatable bonds is 6. The molecule has 3 aromatic heterocycles. The SMILES string of the molecule is OCc1ccc(COc2cc(-c3ccccn3)nc(-c3ccccn3)c2)cc1. The standard InChI is InChI=1S/C23H19N3O2/c27-15-17-7-9-18(10-8-17)16-28-19-13-22(20-5-1-3-11-24-20)26-23(14-19)21-6-2-4-12-25-21/h1-14,27H,15-16H2. The maximum atomic E-state index is 9.16. The highest BCUT2D eigenvalue weighted by atomic mass is 16.5. The number of aliphatic hydroxyl groups excluding tert-OH is 1. The van der Waals surface area contributed by atoms with Crippen molar-refractivity contribution in [3.8, 4) is 28.5 Å². The first-order chi connectivity index (χ1) is 13.8. The molecule has 0 aliphatic heterocycles. The second-order valence-electron chi connectivity index (χ2n) is 6.27. The Bertz CT molecular complexity index is 979. The monoisotopic (exact) mass is 369 g/mol. The highest BCUT2D eigenvalue weighted by molar-refractivity contribution is 5.64. The van der Waals surface area contributed by atoms with E-state index in [0.717, 1.165) is 33.9 Å². The summed E-state index contributed by atoms with van der Waals surface area (Å²) in [5.41, 5.74) is 4.91. The van der Waals surface area contributed by atoms with Gasteiger partial charge in [-0.3, -0.25) is 9.97 Å². The van der Waals surface area contributed by atoms with Crippen LogP contribution in [0.5, 0.6) is 5.75 Å². The van der Waals surface area contributed by atoms with Crippen molar-refractivity contribution in [2.45, 2.75) is 13.2 Å². The molecule has 0 fully saturated rings. The van der Waals surface area contributed by atoms with Crippen LogP contribution in [0.1, 0.15) is 11.1 Å². The third-order valence-electron chi connectivity index (χ3n) is 4.26. The molecule has 1 aromatic carbocycles. The van der Waals surface area contributed by atoms with Gasteiger partial charge in [-0.05, 0) is 35.4 Å². The van der Waals surface area contributed by atoms with E-state index in [4.69, 9.17) is 14.8 Å². The van der Waals surface area contributed by atoms with Crippen molar-refractivity contribution < 1.29 is 9.84 Å². The van der Waals surface area contributed by atoms with Gasteiger partial charge in [0.2, 0.25) is 0 Å². The molecule has 5 heteroatoms. The predicted octanol–water partition coefficient (Wildman–Crippen LogP) is 4.28. The minimum absolute atomic E-state index is 0.0341. The average Bonchev–Trinajstić information content (AvgIpc) is 2.79. The molecule has 4 rings (SSSR count). The van der Waals surface area contributed by atoms with Crippen LogP contribution >= 0.6 is 0 Å². The summed E-state index contributed by atoms with van der Waals surface area (Å²) in [6.45, 7) is 0.450. The highest BCUT2D eigenvalue weighted by Crippen LogP contribution is 2.27. The first-order valence-electron chi connectivity index (χ1n) is 8.98. The van der Waals surface area contributed by atoms with Crippen LogP contribution in [0, 0.1) is 0 Å². The summed E-state index contributed by atoms with van der Waals surface area (Å²) >= 11 is 0. The fourth-order valence-corrected chi connectivity index (χ4v) is 2.79. The van der Waals surface area contributed by atoms with Crippen molar-refractivity contribution in [3.63, 3.8) is 0 Å². The largest absolute Gasteiger partial charge is 0.489 e. The van der Waals surface area contributed by atoms with Gasteiger partial charge in [0.15, 0.2) is 0 Å². The number of pyridine rings is 3. The minimum Gasteiger partial charge on any atom is -0.489 e. The number of hydrogen-bond acceptors (Lipinski definition) is 5. The van der Waals surface area contributed by atoms with E-state index < -0.39 is 0 Å². The van der Waals surface area contributed by atoms with Crippen LogP contribution in [0.2, 0.25) is 0 Å². The Morgan fingerprint density at radius 1 is 0.679 bits per heavy atom. The van der Waals surface area contributed by atoms with Gasteiger partial charge in [0, 0.05) is 24.5 Å². The molecule has 4 aromatic rings. The maximum Gasteiger partial charge on any atom is 0.124 e. The quantitative estimate of drug-likeness (QED) is 0.549. The van der Waals surface area contributed by atoms with Crippen molar-refractivity contribution in [3.05, 3.63) is 96.3 Å².